The van der Waals surface area contributed by atoms with Crippen LogP contribution in [0.25, 0.3) is 0 Å². The maximum atomic E-state index is 13.2. The zero-order chi connectivity index (χ0) is 25.5. The number of benzene rings is 2. The third-order valence-corrected chi connectivity index (χ3v) is 6.32. The standard InChI is InChI=1S/C27H31N5O4/c1-27(2,29-18-33)26(35)30-22(16-36-15-19-8-4-3-5-9-19)25(34)31-24-14-32(17-28-24)23-13-12-20-10-6-7-11-21(20)23/h3-11,14,17-18,22-23H,12-13,15-16H2,1-2H3,(H,29,33)(H,30,35)(H,31,34). The van der Waals surface area contributed by atoms with Crippen LogP contribution < -0.4 is 16.0 Å². The summed E-state index contributed by atoms with van der Waals surface area (Å²) in [6.45, 7) is 3.34. The second-order valence-corrected chi connectivity index (χ2v) is 9.36. The first kappa shape index (κ1) is 25.1. The summed E-state index contributed by atoms with van der Waals surface area (Å²) in [6, 6.07) is 17.0. The van der Waals surface area contributed by atoms with Crippen LogP contribution in [0.2, 0.25) is 0 Å². The second kappa shape index (κ2) is 11.2. The van der Waals surface area contributed by atoms with Gasteiger partial charge in [0, 0.05) is 6.20 Å². The zero-order valence-electron chi connectivity index (χ0n) is 20.4. The van der Waals surface area contributed by atoms with Crippen LogP contribution in [0, 0.1) is 0 Å². The molecule has 0 radical (unpaired) electrons. The molecule has 0 saturated carbocycles. The highest BCUT2D eigenvalue weighted by Gasteiger charge is 2.31. The molecule has 3 amide bonds. The van der Waals surface area contributed by atoms with Crippen LogP contribution in [0.15, 0.2) is 67.1 Å². The molecule has 9 nitrogen and oxygen atoms in total. The van der Waals surface area contributed by atoms with Gasteiger partial charge in [-0.25, -0.2) is 4.98 Å². The molecular formula is C27H31N5O4. The van der Waals surface area contributed by atoms with E-state index in [-0.39, 0.29) is 19.3 Å². The van der Waals surface area contributed by atoms with Crippen molar-refractivity contribution in [1.82, 2.24) is 20.2 Å². The Balaban J connectivity index is 1.43. The van der Waals surface area contributed by atoms with Gasteiger partial charge >= 0.3 is 0 Å². The van der Waals surface area contributed by atoms with Gasteiger partial charge in [0.15, 0.2) is 5.82 Å². The summed E-state index contributed by atoms with van der Waals surface area (Å²) >= 11 is 0. The first-order valence-electron chi connectivity index (χ1n) is 11.9. The van der Waals surface area contributed by atoms with Crippen molar-refractivity contribution in [3.63, 3.8) is 0 Å². The van der Waals surface area contributed by atoms with Gasteiger partial charge in [0.1, 0.15) is 11.6 Å². The number of nitrogens with one attached hydrogen (secondary N) is 3. The van der Waals surface area contributed by atoms with Crippen LogP contribution in [0.1, 0.15) is 43.0 Å². The van der Waals surface area contributed by atoms with Crippen LogP contribution in [0.5, 0.6) is 0 Å². The lowest BCUT2D eigenvalue weighted by Gasteiger charge is -2.26. The lowest BCUT2D eigenvalue weighted by Crippen LogP contribution is -2.57. The number of carbonyl (C=O) groups is 3. The van der Waals surface area contributed by atoms with Gasteiger partial charge in [0.05, 0.1) is 25.6 Å². The molecule has 1 aromatic heterocycles. The predicted molar refractivity (Wildman–Crippen MR) is 135 cm³/mol. The summed E-state index contributed by atoms with van der Waals surface area (Å²) in [5.41, 5.74) is 2.34. The van der Waals surface area contributed by atoms with Crippen molar-refractivity contribution in [1.29, 1.82) is 0 Å². The number of carbonyl (C=O) groups excluding carboxylic acids is 3. The molecule has 0 fully saturated rings. The van der Waals surface area contributed by atoms with E-state index in [1.165, 1.54) is 11.1 Å². The second-order valence-electron chi connectivity index (χ2n) is 9.36. The molecule has 1 aliphatic rings. The van der Waals surface area contributed by atoms with Crippen molar-refractivity contribution < 1.29 is 19.1 Å². The quantitative estimate of drug-likeness (QED) is 0.358. The minimum absolute atomic E-state index is 0.0552. The average Bonchev–Trinajstić information content (AvgIpc) is 3.50. The van der Waals surface area contributed by atoms with Crippen LogP contribution in [0.3, 0.4) is 0 Å². The maximum absolute atomic E-state index is 13.2. The fourth-order valence-corrected chi connectivity index (χ4v) is 4.23. The molecule has 2 unspecified atom stereocenters. The van der Waals surface area contributed by atoms with Crippen LogP contribution >= 0.6 is 0 Å². The van der Waals surface area contributed by atoms with E-state index in [0.29, 0.717) is 12.2 Å². The Labute approximate surface area is 210 Å². The molecule has 0 aliphatic heterocycles. The fourth-order valence-electron chi connectivity index (χ4n) is 4.23. The molecule has 0 bridgehead atoms. The number of ether oxygens (including phenoxy) is 1. The van der Waals surface area contributed by atoms with Gasteiger partial charge in [-0.05, 0) is 43.4 Å². The normalized spacial score (nSPS) is 15.6. The summed E-state index contributed by atoms with van der Waals surface area (Å²) in [5, 5.41) is 7.94. The Kier molecular flexibility index (Phi) is 7.80. The molecule has 4 rings (SSSR count). The summed E-state index contributed by atoms with van der Waals surface area (Å²) in [5.74, 6) is -0.585. The fraction of sp³-hybridized carbons (Fsp3) is 0.333. The minimum atomic E-state index is -1.20. The van der Waals surface area contributed by atoms with Gasteiger partial charge in [0.2, 0.25) is 12.3 Å². The van der Waals surface area contributed by atoms with Crippen molar-refractivity contribution in [3.05, 3.63) is 83.8 Å². The van der Waals surface area contributed by atoms with Crippen molar-refractivity contribution in [3.8, 4) is 0 Å². The molecular weight excluding hydrogens is 458 g/mol. The van der Waals surface area contributed by atoms with E-state index in [0.717, 1.165) is 18.4 Å². The number of aromatic nitrogens is 2. The van der Waals surface area contributed by atoms with Crippen molar-refractivity contribution in [2.75, 3.05) is 11.9 Å². The highest BCUT2D eigenvalue weighted by Crippen LogP contribution is 2.34. The molecule has 1 aliphatic carbocycles. The van der Waals surface area contributed by atoms with E-state index in [9.17, 15) is 14.4 Å². The SMILES string of the molecule is CC(C)(NC=O)C(=O)NC(COCc1ccccc1)C(=O)Nc1cn(C2CCc3ccccc32)cn1. The van der Waals surface area contributed by atoms with E-state index < -0.39 is 23.4 Å². The monoisotopic (exact) mass is 489 g/mol. The van der Waals surface area contributed by atoms with E-state index in [2.05, 4.69) is 33.1 Å². The smallest absolute Gasteiger partial charge is 0.250 e. The van der Waals surface area contributed by atoms with Gasteiger partial charge in [0.25, 0.3) is 5.91 Å². The largest absolute Gasteiger partial charge is 0.374 e. The number of amides is 3. The average molecular weight is 490 g/mol. The third kappa shape index (κ3) is 5.98. The molecule has 2 aromatic carbocycles. The molecule has 36 heavy (non-hydrogen) atoms. The molecule has 0 saturated heterocycles. The van der Waals surface area contributed by atoms with Crippen molar-refractivity contribution in [2.24, 2.45) is 0 Å². The van der Waals surface area contributed by atoms with Crippen LogP contribution in [-0.4, -0.2) is 46.0 Å². The number of nitrogens with zero attached hydrogens (tertiary/aromatic N) is 2. The van der Waals surface area contributed by atoms with Gasteiger partial charge in [-0.15, -0.1) is 0 Å². The first-order valence-corrected chi connectivity index (χ1v) is 11.9. The Morgan fingerprint density at radius 2 is 1.92 bits per heavy atom. The minimum Gasteiger partial charge on any atom is -0.374 e. The lowest BCUT2D eigenvalue weighted by atomic mass is 10.0. The summed E-state index contributed by atoms with van der Waals surface area (Å²) in [6.07, 6.45) is 5.92. The van der Waals surface area contributed by atoms with E-state index in [1.807, 2.05) is 47.0 Å². The topological polar surface area (TPSA) is 114 Å². The summed E-state index contributed by atoms with van der Waals surface area (Å²) in [4.78, 5) is 41.2. The number of imidazole rings is 1. The molecule has 9 heteroatoms. The molecule has 0 spiro atoms. The van der Waals surface area contributed by atoms with Gasteiger partial charge in [-0.1, -0.05) is 54.6 Å². The Hall–Kier alpha value is -3.98. The summed E-state index contributed by atoms with van der Waals surface area (Å²) in [7, 11) is 0. The van der Waals surface area contributed by atoms with E-state index in [4.69, 9.17) is 4.74 Å². The summed E-state index contributed by atoms with van der Waals surface area (Å²) < 4.78 is 7.75. The van der Waals surface area contributed by atoms with Crippen molar-refractivity contribution >= 4 is 24.0 Å². The Morgan fingerprint density at radius 1 is 1.17 bits per heavy atom. The number of hydrogen-bond acceptors (Lipinski definition) is 5. The van der Waals surface area contributed by atoms with Gasteiger partial charge < -0.3 is 25.3 Å². The Bertz CT molecular complexity index is 1210. The van der Waals surface area contributed by atoms with Crippen LogP contribution in [0.4, 0.5) is 5.82 Å². The number of rotatable bonds is 11. The number of aryl methyl sites for hydroxylation is 1. The third-order valence-electron chi connectivity index (χ3n) is 6.32. The first-order chi connectivity index (χ1) is 17.4. The number of hydrogen-bond donors (Lipinski definition) is 3. The van der Waals surface area contributed by atoms with Gasteiger partial charge in [-0.3, -0.25) is 14.4 Å². The zero-order valence-corrected chi connectivity index (χ0v) is 20.4. The van der Waals surface area contributed by atoms with E-state index >= 15 is 0 Å². The molecule has 1 heterocycles. The molecule has 2 atom stereocenters. The molecule has 3 N–H and O–H groups in total. The number of anilines is 1. The Morgan fingerprint density at radius 3 is 2.69 bits per heavy atom. The van der Waals surface area contributed by atoms with Crippen molar-refractivity contribution in [2.45, 2.75) is 50.9 Å². The lowest BCUT2D eigenvalue weighted by molar-refractivity contribution is -0.132. The molecule has 188 valence electrons. The highest BCUT2D eigenvalue weighted by molar-refractivity contribution is 5.98. The van der Waals surface area contributed by atoms with Gasteiger partial charge in [-0.2, -0.15) is 0 Å². The highest BCUT2D eigenvalue weighted by atomic mass is 16.5. The predicted octanol–water partition coefficient (Wildman–Crippen LogP) is 2.58. The number of fused-ring (bicyclic) bond motifs is 1. The molecule has 3 aromatic rings. The van der Waals surface area contributed by atoms with Crippen LogP contribution in [-0.2, 0) is 32.1 Å². The van der Waals surface area contributed by atoms with E-state index in [1.54, 1.807) is 26.4 Å². The maximum Gasteiger partial charge on any atom is 0.250 e.